The first-order valence-corrected chi connectivity index (χ1v) is 10.5. The molecule has 6 nitrogen and oxygen atoms in total. The Kier molecular flexibility index (Phi) is 7.09. The maximum absolute atomic E-state index is 12.5. The molecule has 6 heteroatoms. The Morgan fingerprint density at radius 3 is 2.54 bits per heavy atom. The molecule has 1 atom stereocenters. The van der Waals surface area contributed by atoms with Crippen LogP contribution in [0.5, 0.6) is 0 Å². The summed E-state index contributed by atoms with van der Waals surface area (Å²) in [5.74, 6) is 0.380. The molecule has 3 N–H and O–H groups in total. The zero-order valence-corrected chi connectivity index (χ0v) is 16.9. The van der Waals surface area contributed by atoms with Crippen LogP contribution in [0, 0.1) is 5.92 Å². The van der Waals surface area contributed by atoms with Crippen LogP contribution in [0.25, 0.3) is 0 Å². The number of nitrogens with one attached hydrogen (secondary N) is 3. The summed E-state index contributed by atoms with van der Waals surface area (Å²) in [6, 6.07) is 10.1. The van der Waals surface area contributed by atoms with Gasteiger partial charge in [-0.2, -0.15) is 0 Å². The minimum atomic E-state index is -0.324. The van der Waals surface area contributed by atoms with Crippen LogP contribution in [0.4, 0.5) is 4.79 Å². The highest BCUT2D eigenvalue weighted by molar-refractivity contribution is 5.94. The third-order valence-electron chi connectivity index (χ3n) is 5.75. The van der Waals surface area contributed by atoms with Crippen LogP contribution in [0.15, 0.2) is 41.6 Å². The molecular weight excluding hydrogens is 354 g/mol. The summed E-state index contributed by atoms with van der Waals surface area (Å²) in [4.78, 5) is 26.0. The summed E-state index contributed by atoms with van der Waals surface area (Å²) in [6.45, 7) is 6.87. The number of urea groups is 1. The lowest BCUT2D eigenvalue weighted by Gasteiger charge is -2.33. The molecule has 1 aromatic carbocycles. The minimum absolute atomic E-state index is 0.228. The molecule has 1 aromatic rings. The summed E-state index contributed by atoms with van der Waals surface area (Å²) in [5, 5.41) is 5.72. The second kappa shape index (κ2) is 9.73. The fourth-order valence-electron chi connectivity index (χ4n) is 4.27. The Bertz CT molecular complexity index is 709. The van der Waals surface area contributed by atoms with Crippen molar-refractivity contribution in [2.45, 2.75) is 45.6 Å². The van der Waals surface area contributed by atoms with Crippen LogP contribution in [0.2, 0.25) is 0 Å². The van der Waals surface area contributed by atoms with Gasteiger partial charge in [0.1, 0.15) is 6.54 Å². The lowest BCUT2D eigenvalue weighted by Crippen LogP contribution is -3.13. The average molecular weight is 387 g/mol. The maximum atomic E-state index is 12.5. The number of carbonyl (C=O) groups excluding carboxylic acids is 2. The van der Waals surface area contributed by atoms with Crippen LogP contribution < -0.4 is 15.5 Å². The van der Waals surface area contributed by atoms with Gasteiger partial charge in [0.05, 0.1) is 37.0 Å². The van der Waals surface area contributed by atoms with Gasteiger partial charge in [0.25, 0.3) is 0 Å². The molecule has 0 bridgehead atoms. The average Bonchev–Trinajstić information content (AvgIpc) is 2.70. The van der Waals surface area contributed by atoms with E-state index >= 15 is 0 Å². The Labute approximate surface area is 167 Å². The first-order chi connectivity index (χ1) is 13.6. The first-order valence-electron chi connectivity index (χ1n) is 10.5. The van der Waals surface area contributed by atoms with Gasteiger partial charge >= 0.3 is 12.0 Å². The standard InChI is InChI=1S/C22H31N3O3/c1-3-18-20(21(26)28-4-2)19(24-22(27)23-18)15-25-12-10-17(11-13-25)14-16-8-6-5-7-9-16/h5-9,17-18H,3-4,10-15H2,1-2H3,(H2,23,24,27)/p+1/t18-/m1/s1. The number of hydrogen-bond donors (Lipinski definition) is 3. The first kappa shape index (κ1) is 20.4. The number of benzene rings is 1. The number of carbonyl (C=O) groups is 2. The van der Waals surface area contributed by atoms with E-state index in [-0.39, 0.29) is 18.0 Å². The molecule has 1 fully saturated rings. The van der Waals surface area contributed by atoms with Gasteiger partial charge in [0.15, 0.2) is 0 Å². The zero-order chi connectivity index (χ0) is 19.9. The number of hydrogen-bond acceptors (Lipinski definition) is 3. The zero-order valence-electron chi connectivity index (χ0n) is 16.9. The van der Waals surface area contributed by atoms with Crippen LogP contribution in [-0.2, 0) is 16.0 Å². The lowest BCUT2D eigenvalue weighted by atomic mass is 9.90. The summed E-state index contributed by atoms with van der Waals surface area (Å²) in [6.07, 6.45) is 4.12. The molecule has 3 rings (SSSR count). The fraction of sp³-hybridized carbons (Fsp3) is 0.545. The molecule has 0 saturated carbocycles. The number of ether oxygens (including phenoxy) is 1. The fourth-order valence-corrected chi connectivity index (χ4v) is 4.27. The van der Waals surface area contributed by atoms with Gasteiger partial charge in [-0.15, -0.1) is 0 Å². The van der Waals surface area contributed by atoms with Crippen LogP contribution >= 0.6 is 0 Å². The van der Waals surface area contributed by atoms with E-state index in [1.807, 2.05) is 6.92 Å². The summed E-state index contributed by atoms with van der Waals surface area (Å²) in [7, 11) is 0. The molecule has 0 unspecified atom stereocenters. The van der Waals surface area contributed by atoms with Gasteiger partial charge in [0.2, 0.25) is 0 Å². The van der Waals surface area contributed by atoms with E-state index in [4.69, 9.17) is 4.74 Å². The normalized spacial score (nSPS) is 25.1. The molecule has 2 aliphatic rings. The monoisotopic (exact) mass is 386 g/mol. The molecule has 0 radical (unpaired) electrons. The smallest absolute Gasteiger partial charge is 0.338 e. The van der Waals surface area contributed by atoms with E-state index in [0.29, 0.717) is 31.1 Å². The van der Waals surface area contributed by atoms with E-state index in [2.05, 4.69) is 41.0 Å². The number of quaternary nitrogens is 1. The Morgan fingerprint density at radius 2 is 1.89 bits per heavy atom. The van der Waals surface area contributed by atoms with Crippen molar-refractivity contribution in [2.24, 2.45) is 5.92 Å². The highest BCUT2D eigenvalue weighted by Gasteiger charge is 2.34. The van der Waals surface area contributed by atoms with Crippen molar-refractivity contribution < 1.29 is 19.2 Å². The van der Waals surface area contributed by atoms with Gasteiger partial charge in [-0.3, -0.25) is 0 Å². The molecule has 2 amide bonds. The molecule has 2 aliphatic heterocycles. The topological polar surface area (TPSA) is 71.9 Å². The van der Waals surface area contributed by atoms with E-state index in [0.717, 1.165) is 38.0 Å². The summed E-state index contributed by atoms with van der Waals surface area (Å²) in [5.41, 5.74) is 2.72. The van der Waals surface area contributed by atoms with Gasteiger partial charge in [0, 0.05) is 0 Å². The van der Waals surface area contributed by atoms with Crippen LogP contribution in [-0.4, -0.2) is 44.3 Å². The molecule has 0 spiro atoms. The van der Waals surface area contributed by atoms with Crippen LogP contribution in [0.3, 0.4) is 0 Å². The summed E-state index contributed by atoms with van der Waals surface area (Å²) >= 11 is 0. The van der Waals surface area contributed by atoms with Gasteiger partial charge in [-0.25, -0.2) is 9.59 Å². The highest BCUT2D eigenvalue weighted by atomic mass is 16.5. The molecule has 0 aromatic heterocycles. The Morgan fingerprint density at radius 1 is 1.18 bits per heavy atom. The largest absolute Gasteiger partial charge is 0.463 e. The third-order valence-corrected chi connectivity index (χ3v) is 5.75. The van der Waals surface area contributed by atoms with Crippen molar-refractivity contribution >= 4 is 12.0 Å². The molecule has 2 heterocycles. The third kappa shape index (κ3) is 5.13. The molecule has 152 valence electrons. The number of esters is 1. The second-order valence-corrected chi connectivity index (χ2v) is 7.73. The molecule has 28 heavy (non-hydrogen) atoms. The van der Waals surface area contributed by atoms with Crippen molar-refractivity contribution in [3.63, 3.8) is 0 Å². The minimum Gasteiger partial charge on any atom is -0.463 e. The van der Waals surface area contributed by atoms with Gasteiger partial charge in [-0.05, 0) is 44.1 Å². The maximum Gasteiger partial charge on any atom is 0.338 e. The lowest BCUT2D eigenvalue weighted by molar-refractivity contribution is -0.901. The van der Waals surface area contributed by atoms with Crippen molar-refractivity contribution in [1.29, 1.82) is 0 Å². The van der Waals surface area contributed by atoms with E-state index in [1.165, 1.54) is 10.5 Å². The van der Waals surface area contributed by atoms with Crippen molar-refractivity contribution in [2.75, 3.05) is 26.2 Å². The van der Waals surface area contributed by atoms with Crippen molar-refractivity contribution in [1.82, 2.24) is 10.6 Å². The molecule has 0 aliphatic carbocycles. The van der Waals surface area contributed by atoms with Crippen molar-refractivity contribution in [3.8, 4) is 0 Å². The number of amides is 2. The summed E-state index contributed by atoms with van der Waals surface area (Å²) < 4.78 is 5.25. The van der Waals surface area contributed by atoms with Crippen molar-refractivity contribution in [3.05, 3.63) is 47.2 Å². The SMILES string of the molecule is CCOC(=O)C1=C(C[NH+]2CCC(Cc3ccccc3)CC2)NC(=O)N[C@@H]1CC. The molecular formula is C22H32N3O3+. The highest BCUT2D eigenvalue weighted by Crippen LogP contribution is 2.18. The van der Waals surface area contributed by atoms with E-state index < -0.39 is 0 Å². The quantitative estimate of drug-likeness (QED) is 0.621. The van der Waals surface area contributed by atoms with Gasteiger partial charge < -0.3 is 20.3 Å². The number of likely N-dealkylation sites (tertiary alicyclic amines) is 1. The number of piperidine rings is 1. The number of rotatable bonds is 7. The van der Waals surface area contributed by atoms with Crippen LogP contribution in [0.1, 0.15) is 38.7 Å². The van der Waals surface area contributed by atoms with E-state index in [1.54, 1.807) is 6.92 Å². The van der Waals surface area contributed by atoms with Gasteiger partial charge in [-0.1, -0.05) is 37.3 Å². The predicted molar refractivity (Wildman–Crippen MR) is 108 cm³/mol. The Balaban J connectivity index is 1.63. The predicted octanol–water partition coefficient (Wildman–Crippen LogP) is 1.43. The Hall–Kier alpha value is -2.34. The van der Waals surface area contributed by atoms with E-state index in [9.17, 15) is 9.59 Å². The second-order valence-electron chi connectivity index (χ2n) is 7.73. The molecule has 1 saturated heterocycles.